The number of aliphatic carboxylic acids is 1. The Bertz CT molecular complexity index is 339. The van der Waals surface area contributed by atoms with Crippen LogP contribution in [0.3, 0.4) is 0 Å². The smallest absolute Gasteiger partial charge is 0.317 e. The van der Waals surface area contributed by atoms with E-state index in [4.69, 9.17) is 5.11 Å². The highest BCUT2D eigenvalue weighted by molar-refractivity contribution is 7.99. The van der Waals surface area contributed by atoms with Gasteiger partial charge in [-0.2, -0.15) is 11.8 Å². The topological polar surface area (TPSA) is 69.6 Å². The Hall–Kier alpha value is -0.910. The highest BCUT2D eigenvalue weighted by Gasteiger charge is 2.28. The van der Waals surface area contributed by atoms with Gasteiger partial charge in [-0.25, -0.2) is 4.79 Å². The highest BCUT2D eigenvalue weighted by atomic mass is 32.2. The maximum atomic E-state index is 12.3. The minimum Gasteiger partial charge on any atom is -0.481 e. The second-order valence-electron chi connectivity index (χ2n) is 5.62. The first-order chi connectivity index (χ1) is 10.1. The lowest BCUT2D eigenvalue weighted by molar-refractivity contribution is -0.138. The summed E-state index contributed by atoms with van der Waals surface area (Å²) in [6, 6.07) is -0.284. The SMILES string of the molecule is CCCCC(CC)CNC(=O)N1CCSCC1CC(=O)O. The molecule has 1 aliphatic heterocycles. The minimum absolute atomic E-state index is 0.0352. The van der Waals surface area contributed by atoms with Gasteiger partial charge in [-0.15, -0.1) is 0 Å². The fraction of sp³-hybridized carbons (Fsp3) is 0.867. The summed E-state index contributed by atoms with van der Waals surface area (Å²) in [6.45, 7) is 5.66. The molecule has 5 nitrogen and oxygen atoms in total. The molecule has 0 bridgehead atoms. The quantitative estimate of drug-likeness (QED) is 0.722. The zero-order chi connectivity index (χ0) is 15.7. The minimum atomic E-state index is -0.838. The Morgan fingerprint density at radius 3 is 2.81 bits per heavy atom. The van der Waals surface area contributed by atoms with Gasteiger partial charge in [-0.05, 0) is 12.3 Å². The van der Waals surface area contributed by atoms with E-state index in [1.165, 1.54) is 12.8 Å². The molecule has 2 N–H and O–H groups in total. The molecule has 0 spiro atoms. The number of rotatable bonds is 8. The van der Waals surface area contributed by atoms with Gasteiger partial charge in [-0.3, -0.25) is 4.79 Å². The second kappa shape index (κ2) is 9.92. The molecular weight excluding hydrogens is 288 g/mol. The number of hydrogen-bond acceptors (Lipinski definition) is 3. The molecule has 1 fully saturated rings. The molecule has 1 rings (SSSR count). The zero-order valence-electron chi connectivity index (χ0n) is 13.1. The van der Waals surface area contributed by atoms with Crippen LogP contribution < -0.4 is 5.32 Å². The predicted molar refractivity (Wildman–Crippen MR) is 86.8 cm³/mol. The van der Waals surface area contributed by atoms with E-state index in [0.717, 1.165) is 18.6 Å². The molecule has 1 aliphatic rings. The molecule has 1 saturated heterocycles. The summed E-state index contributed by atoms with van der Waals surface area (Å²) in [7, 11) is 0. The van der Waals surface area contributed by atoms with Gasteiger partial charge in [0, 0.05) is 24.6 Å². The molecule has 2 amide bonds. The normalized spacial score (nSPS) is 20.1. The Morgan fingerprint density at radius 1 is 1.43 bits per heavy atom. The summed E-state index contributed by atoms with van der Waals surface area (Å²) in [4.78, 5) is 24.9. The monoisotopic (exact) mass is 316 g/mol. The number of hydrogen-bond donors (Lipinski definition) is 2. The fourth-order valence-corrected chi connectivity index (χ4v) is 3.63. The highest BCUT2D eigenvalue weighted by Crippen LogP contribution is 2.19. The Balaban J connectivity index is 2.45. The van der Waals surface area contributed by atoms with Gasteiger partial charge in [-0.1, -0.05) is 33.1 Å². The molecule has 0 aromatic carbocycles. The van der Waals surface area contributed by atoms with E-state index in [1.807, 2.05) is 0 Å². The summed E-state index contributed by atoms with van der Waals surface area (Å²) in [5.74, 6) is 1.28. The van der Waals surface area contributed by atoms with Crippen LogP contribution >= 0.6 is 11.8 Å². The Labute approximate surface area is 131 Å². The number of carbonyl (C=O) groups excluding carboxylic acids is 1. The van der Waals surface area contributed by atoms with Crippen LogP contribution in [0.15, 0.2) is 0 Å². The standard InChI is InChI=1S/C15H28N2O3S/c1-3-5-6-12(4-2)10-16-15(20)17-7-8-21-11-13(17)9-14(18)19/h12-13H,3-11H2,1-2H3,(H,16,20)(H,18,19). The molecule has 0 radical (unpaired) electrons. The summed E-state index contributed by atoms with van der Waals surface area (Å²) in [6.07, 6.45) is 4.61. The van der Waals surface area contributed by atoms with Gasteiger partial charge in [0.15, 0.2) is 0 Å². The largest absolute Gasteiger partial charge is 0.481 e. The van der Waals surface area contributed by atoms with Crippen LogP contribution in [-0.2, 0) is 4.79 Å². The molecule has 0 saturated carbocycles. The number of thioether (sulfide) groups is 1. The lowest BCUT2D eigenvalue weighted by atomic mass is 9.99. The van der Waals surface area contributed by atoms with Crippen molar-refractivity contribution in [1.29, 1.82) is 0 Å². The lowest BCUT2D eigenvalue weighted by Crippen LogP contribution is -2.51. The van der Waals surface area contributed by atoms with Gasteiger partial charge >= 0.3 is 12.0 Å². The van der Waals surface area contributed by atoms with Crippen LogP contribution in [0.25, 0.3) is 0 Å². The average Bonchev–Trinajstić information content (AvgIpc) is 2.47. The van der Waals surface area contributed by atoms with E-state index in [2.05, 4.69) is 19.2 Å². The molecular formula is C15H28N2O3S. The first-order valence-electron chi connectivity index (χ1n) is 7.92. The molecule has 122 valence electrons. The number of amides is 2. The van der Waals surface area contributed by atoms with Crippen molar-refractivity contribution in [3.05, 3.63) is 0 Å². The molecule has 0 aromatic heterocycles. The molecule has 6 heteroatoms. The number of nitrogens with zero attached hydrogens (tertiary/aromatic N) is 1. The van der Waals surface area contributed by atoms with Crippen molar-refractivity contribution in [2.45, 2.75) is 52.0 Å². The van der Waals surface area contributed by atoms with Crippen LogP contribution in [0.5, 0.6) is 0 Å². The maximum absolute atomic E-state index is 12.3. The zero-order valence-corrected chi connectivity index (χ0v) is 14.0. The van der Waals surface area contributed by atoms with Gasteiger partial charge in [0.2, 0.25) is 0 Å². The van der Waals surface area contributed by atoms with E-state index >= 15 is 0 Å². The van der Waals surface area contributed by atoms with E-state index < -0.39 is 5.97 Å². The van der Waals surface area contributed by atoms with Crippen LogP contribution in [0.4, 0.5) is 4.79 Å². The summed E-state index contributed by atoms with van der Waals surface area (Å²) in [5.41, 5.74) is 0. The second-order valence-corrected chi connectivity index (χ2v) is 6.77. The van der Waals surface area contributed by atoms with Gasteiger partial charge in [0.25, 0.3) is 0 Å². The number of carboxylic acid groups (broad SMARTS) is 1. The number of carbonyl (C=O) groups is 2. The van der Waals surface area contributed by atoms with Crippen molar-refractivity contribution < 1.29 is 14.7 Å². The van der Waals surface area contributed by atoms with Gasteiger partial charge < -0.3 is 15.3 Å². The van der Waals surface area contributed by atoms with E-state index in [1.54, 1.807) is 16.7 Å². The molecule has 2 unspecified atom stereocenters. The van der Waals surface area contributed by atoms with Crippen molar-refractivity contribution >= 4 is 23.8 Å². The van der Waals surface area contributed by atoms with Gasteiger partial charge in [0.05, 0.1) is 12.5 Å². The van der Waals surface area contributed by atoms with E-state index in [-0.39, 0.29) is 18.5 Å². The first kappa shape index (κ1) is 18.1. The molecule has 1 heterocycles. The first-order valence-corrected chi connectivity index (χ1v) is 9.07. The van der Waals surface area contributed by atoms with Gasteiger partial charge in [0.1, 0.15) is 0 Å². The van der Waals surface area contributed by atoms with Crippen LogP contribution in [0, 0.1) is 5.92 Å². The lowest BCUT2D eigenvalue weighted by Gasteiger charge is -2.35. The molecule has 2 atom stereocenters. The third-order valence-electron chi connectivity index (χ3n) is 3.98. The van der Waals surface area contributed by atoms with Crippen LogP contribution in [0.2, 0.25) is 0 Å². The molecule has 0 aromatic rings. The van der Waals surface area contributed by atoms with Crippen molar-refractivity contribution in [2.24, 2.45) is 5.92 Å². The van der Waals surface area contributed by atoms with E-state index in [9.17, 15) is 9.59 Å². The maximum Gasteiger partial charge on any atom is 0.317 e. The third-order valence-corrected chi connectivity index (χ3v) is 5.08. The van der Waals surface area contributed by atoms with Crippen molar-refractivity contribution in [1.82, 2.24) is 10.2 Å². The summed E-state index contributed by atoms with van der Waals surface area (Å²) < 4.78 is 0. The van der Waals surface area contributed by atoms with Crippen LogP contribution in [-0.4, -0.2) is 52.6 Å². The average molecular weight is 316 g/mol. The van der Waals surface area contributed by atoms with E-state index in [0.29, 0.717) is 24.8 Å². The van der Waals surface area contributed by atoms with Crippen molar-refractivity contribution in [2.75, 3.05) is 24.6 Å². The summed E-state index contributed by atoms with van der Waals surface area (Å²) >= 11 is 1.72. The Kier molecular flexibility index (Phi) is 8.57. The molecule has 0 aliphatic carbocycles. The van der Waals surface area contributed by atoms with Crippen molar-refractivity contribution in [3.8, 4) is 0 Å². The fourth-order valence-electron chi connectivity index (χ4n) is 2.57. The number of carboxylic acids is 1. The third kappa shape index (κ3) is 6.59. The number of nitrogens with one attached hydrogen (secondary N) is 1. The number of urea groups is 1. The van der Waals surface area contributed by atoms with Crippen molar-refractivity contribution in [3.63, 3.8) is 0 Å². The van der Waals surface area contributed by atoms with Crippen LogP contribution in [0.1, 0.15) is 46.0 Å². The molecule has 21 heavy (non-hydrogen) atoms. The number of unbranched alkanes of at least 4 members (excludes halogenated alkanes) is 1. The Morgan fingerprint density at radius 2 is 2.19 bits per heavy atom. The summed E-state index contributed by atoms with van der Waals surface area (Å²) in [5, 5.41) is 12.0. The predicted octanol–water partition coefficient (Wildman–Crippen LogP) is 2.80.